The zero-order chi connectivity index (χ0) is 19.2. The van der Waals surface area contributed by atoms with Crippen molar-refractivity contribution in [2.45, 2.75) is 29.0 Å². The smallest absolute Gasteiger partial charge is 0.335 e. The molecule has 1 fully saturated rings. The van der Waals surface area contributed by atoms with Crippen LogP contribution in [0.3, 0.4) is 0 Å². The Kier molecular flexibility index (Phi) is 4.28. The van der Waals surface area contributed by atoms with E-state index in [9.17, 15) is 16.8 Å². The van der Waals surface area contributed by atoms with Crippen molar-refractivity contribution < 1.29 is 21.3 Å². The van der Waals surface area contributed by atoms with Gasteiger partial charge in [-0.25, -0.2) is 16.8 Å². The molecule has 1 aliphatic rings. The molecule has 2 heterocycles. The van der Waals surface area contributed by atoms with Crippen LogP contribution in [0.2, 0.25) is 0 Å². The van der Waals surface area contributed by atoms with Gasteiger partial charge in [0.25, 0.3) is 0 Å². The number of benzene rings is 2. The van der Waals surface area contributed by atoms with Crippen LogP contribution in [0.25, 0.3) is 10.8 Å². The SMILES string of the molecule is CS(=O)(=O)c1nnc([C@@H]2CCCN2S(=O)(=O)c2ccc3ccccc3c2)o1. The summed E-state index contributed by atoms with van der Waals surface area (Å²) in [5.41, 5.74) is 0. The summed E-state index contributed by atoms with van der Waals surface area (Å²) in [6, 6.07) is 11.8. The summed E-state index contributed by atoms with van der Waals surface area (Å²) >= 11 is 0. The van der Waals surface area contributed by atoms with Crippen molar-refractivity contribution >= 4 is 30.6 Å². The highest BCUT2D eigenvalue weighted by molar-refractivity contribution is 7.90. The first-order valence-electron chi connectivity index (χ1n) is 8.31. The maximum Gasteiger partial charge on any atom is 0.335 e. The van der Waals surface area contributed by atoms with Gasteiger partial charge in [-0.1, -0.05) is 35.4 Å². The van der Waals surface area contributed by atoms with Crippen molar-refractivity contribution in [1.82, 2.24) is 14.5 Å². The topological polar surface area (TPSA) is 110 Å². The Hall–Kier alpha value is -2.30. The molecule has 27 heavy (non-hydrogen) atoms. The van der Waals surface area contributed by atoms with Crippen LogP contribution in [-0.4, -0.2) is 44.1 Å². The van der Waals surface area contributed by atoms with Gasteiger partial charge in [0.15, 0.2) is 0 Å². The zero-order valence-electron chi connectivity index (χ0n) is 14.4. The van der Waals surface area contributed by atoms with E-state index in [0.29, 0.717) is 19.4 Å². The molecular formula is C17H17N3O5S2. The van der Waals surface area contributed by atoms with E-state index < -0.39 is 31.1 Å². The first-order valence-corrected chi connectivity index (χ1v) is 11.6. The average Bonchev–Trinajstić information content (AvgIpc) is 3.30. The zero-order valence-corrected chi connectivity index (χ0v) is 16.1. The fourth-order valence-electron chi connectivity index (χ4n) is 3.24. The largest absolute Gasteiger partial charge is 0.411 e. The highest BCUT2D eigenvalue weighted by atomic mass is 32.2. The number of sulfone groups is 1. The van der Waals surface area contributed by atoms with Crippen LogP contribution in [-0.2, 0) is 19.9 Å². The minimum absolute atomic E-state index is 0.00251. The predicted octanol–water partition coefficient (Wildman–Crippen LogP) is 2.15. The number of rotatable bonds is 4. The molecule has 0 N–H and O–H groups in total. The van der Waals surface area contributed by atoms with E-state index in [1.54, 1.807) is 18.2 Å². The van der Waals surface area contributed by atoms with Crippen molar-refractivity contribution in [3.8, 4) is 0 Å². The Morgan fingerprint density at radius 3 is 2.48 bits per heavy atom. The fourth-order valence-corrected chi connectivity index (χ4v) is 5.36. The predicted molar refractivity (Wildman–Crippen MR) is 97.2 cm³/mol. The lowest BCUT2D eigenvalue weighted by Gasteiger charge is -2.21. The second kappa shape index (κ2) is 6.39. The van der Waals surface area contributed by atoms with Crippen LogP contribution in [0, 0.1) is 0 Å². The lowest BCUT2D eigenvalue weighted by atomic mass is 10.1. The molecule has 10 heteroatoms. The lowest BCUT2D eigenvalue weighted by Crippen LogP contribution is -2.30. The Morgan fingerprint density at radius 1 is 1.04 bits per heavy atom. The number of hydrogen-bond donors (Lipinski definition) is 0. The maximum absolute atomic E-state index is 13.2. The Balaban J connectivity index is 1.72. The van der Waals surface area contributed by atoms with Crippen molar-refractivity contribution in [1.29, 1.82) is 0 Å². The van der Waals surface area contributed by atoms with Gasteiger partial charge in [0.2, 0.25) is 25.8 Å². The number of nitrogens with zero attached hydrogens (tertiary/aromatic N) is 3. The first-order chi connectivity index (χ1) is 12.8. The molecule has 1 atom stereocenters. The van der Waals surface area contributed by atoms with Crippen LogP contribution in [0.5, 0.6) is 0 Å². The molecule has 0 saturated carbocycles. The van der Waals surface area contributed by atoms with Crippen molar-refractivity contribution in [3.05, 3.63) is 48.4 Å². The van der Waals surface area contributed by atoms with Crippen LogP contribution in [0.4, 0.5) is 0 Å². The van der Waals surface area contributed by atoms with Gasteiger partial charge in [0, 0.05) is 12.8 Å². The van der Waals surface area contributed by atoms with Crippen molar-refractivity contribution in [3.63, 3.8) is 0 Å². The van der Waals surface area contributed by atoms with Gasteiger partial charge in [-0.05, 0) is 35.7 Å². The normalized spacial score (nSPS) is 18.9. The molecule has 8 nitrogen and oxygen atoms in total. The van der Waals surface area contributed by atoms with Gasteiger partial charge in [0.05, 0.1) is 4.90 Å². The lowest BCUT2D eigenvalue weighted by molar-refractivity contribution is 0.303. The second-order valence-corrected chi connectivity index (χ2v) is 10.2. The number of fused-ring (bicyclic) bond motifs is 1. The highest BCUT2D eigenvalue weighted by Gasteiger charge is 2.39. The van der Waals surface area contributed by atoms with E-state index in [0.717, 1.165) is 17.0 Å². The van der Waals surface area contributed by atoms with Crippen LogP contribution in [0.15, 0.2) is 57.0 Å². The monoisotopic (exact) mass is 407 g/mol. The molecule has 0 radical (unpaired) electrons. The third-order valence-corrected chi connectivity index (χ3v) is 7.26. The minimum Gasteiger partial charge on any atom is -0.411 e. The Labute approximate surface area is 156 Å². The number of aromatic nitrogens is 2. The molecule has 4 rings (SSSR count). The molecule has 0 aliphatic carbocycles. The molecule has 2 aromatic carbocycles. The van der Waals surface area contributed by atoms with Crippen molar-refractivity contribution in [2.24, 2.45) is 0 Å². The molecule has 0 spiro atoms. The van der Waals surface area contributed by atoms with E-state index in [1.807, 2.05) is 24.3 Å². The van der Waals surface area contributed by atoms with Crippen LogP contribution in [0.1, 0.15) is 24.8 Å². The van der Waals surface area contributed by atoms with Crippen molar-refractivity contribution in [2.75, 3.05) is 12.8 Å². The summed E-state index contributed by atoms with van der Waals surface area (Å²) in [6.07, 6.45) is 2.06. The molecule has 1 saturated heterocycles. The molecule has 1 aromatic heterocycles. The average molecular weight is 407 g/mol. The summed E-state index contributed by atoms with van der Waals surface area (Å²) in [5, 5.41) is 8.57. The van der Waals surface area contributed by atoms with Gasteiger partial charge in [0.1, 0.15) is 6.04 Å². The molecular weight excluding hydrogens is 390 g/mol. The standard InChI is InChI=1S/C17H17N3O5S2/c1-26(21,22)17-19-18-16(25-17)15-7-4-10-20(15)27(23,24)14-9-8-12-5-2-3-6-13(12)11-14/h2-3,5-6,8-9,11,15H,4,7,10H2,1H3/t15-/m0/s1. The van der Waals surface area contributed by atoms with E-state index in [1.165, 1.54) is 4.31 Å². The molecule has 142 valence electrons. The summed E-state index contributed by atoms with van der Waals surface area (Å²) in [6.45, 7) is 0.302. The van der Waals surface area contributed by atoms with Gasteiger partial charge in [-0.3, -0.25) is 0 Å². The molecule has 3 aromatic rings. The van der Waals surface area contributed by atoms with Gasteiger partial charge < -0.3 is 4.42 Å². The van der Waals surface area contributed by atoms with E-state index in [-0.39, 0.29) is 10.8 Å². The molecule has 0 amide bonds. The summed E-state index contributed by atoms with van der Waals surface area (Å²) in [5.74, 6) is -0.00251. The molecule has 0 unspecified atom stereocenters. The van der Waals surface area contributed by atoms with Gasteiger partial charge in [-0.15, -0.1) is 5.10 Å². The molecule has 0 bridgehead atoms. The number of sulfonamides is 1. The van der Waals surface area contributed by atoms with E-state index in [2.05, 4.69) is 10.2 Å². The van der Waals surface area contributed by atoms with Gasteiger partial charge in [-0.2, -0.15) is 4.31 Å². The van der Waals surface area contributed by atoms with Crippen LogP contribution >= 0.6 is 0 Å². The Bertz CT molecular complexity index is 1220. The van der Waals surface area contributed by atoms with E-state index >= 15 is 0 Å². The number of hydrogen-bond acceptors (Lipinski definition) is 7. The maximum atomic E-state index is 13.2. The summed E-state index contributed by atoms with van der Waals surface area (Å²) < 4.78 is 56.0. The quantitative estimate of drug-likeness (QED) is 0.651. The molecule has 1 aliphatic heterocycles. The van der Waals surface area contributed by atoms with Gasteiger partial charge >= 0.3 is 5.22 Å². The summed E-state index contributed by atoms with van der Waals surface area (Å²) in [4.78, 5) is 0.177. The minimum atomic E-state index is -3.80. The summed E-state index contributed by atoms with van der Waals surface area (Å²) in [7, 11) is -7.45. The second-order valence-electron chi connectivity index (χ2n) is 6.46. The first kappa shape index (κ1) is 18.1. The van der Waals surface area contributed by atoms with Crippen LogP contribution < -0.4 is 0 Å². The fraction of sp³-hybridized carbons (Fsp3) is 0.294. The third-order valence-electron chi connectivity index (χ3n) is 4.56. The third kappa shape index (κ3) is 3.24. The highest BCUT2D eigenvalue weighted by Crippen LogP contribution is 2.36. The Morgan fingerprint density at radius 2 is 1.78 bits per heavy atom. The van der Waals surface area contributed by atoms with E-state index in [4.69, 9.17) is 4.42 Å².